The van der Waals surface area contributed by atoms with E-state index in [1.165, 1.54) is 17.1 Å². The van der Waals surface area contributed by atoms with Crippen LogP contribution in [-0.4, -0.2) is 41.7 Å². The van der Waals surface area contributed by atoms with Crippen LogP contribution in [0.2, 0.25) is 0 Å². The molecule has 19 heavy (non-hydrogen) atoms. The van der Waals surface area contributed by atoms with Gasteiger partial charge in [0.25, 0.3) is 0 Å². The molecule has 1 aliphatic heterocycles. The molecule has 0 radical (unpaired) electrons. The summed E-state index contributed by atoms with van der Waals surface area (Å²) in [7, 11) is 0. The van der Waals surface area contributed by atoms with Gasteiger partial charge in [-0.3, -0.25) is 4.90 Å². The monoisotopic (exact) mass is 278 g/mol. The first-order chi connectivity index (χ1) is 9.24. The maximum absolute atomic E-state index is 10.5. The van der Waals surface area contributed by atoms with Gasteiger partial charge in [-0.05, 0) is 11.1 Å². The van der Waals surface area contributed by atoms with Crippen LogP contribution < -0.4 is 11.2 Å². The first kappa shape index (κ1) is 13.9. The van der Waals surface area contributed by atoms with Gasteiger partial charge in [0.1, 0.15) is 0 Å². The third-order valence-electron chi connectivity index (χ3n) is 2.88. The van der Waals surface area contributed by atoms with E-state index in [0.717, 1.165) is 25.2 Å². The Morgan fingerprint density at radius 1 is 1.37 bits per heavy atom. The fourth-order valence-electron chi connectivity index (χ4n) is 1.90. The van der Waals surface area contributed by atoms with Crippen molar-refractivity contribution in [1.82, 2.24) is 10.3 Å². The number of primary amides is 1. The van der Waals surface area contributed by atoms with Crippen molar-refractivity contribution in [3.63, 3.8) is 0 Å². The molecule has 3 N–H and O–H groups in total. The number of nitrogens with two attached hydrogens (primary N) is 1. The first-order valence-electron chi connectivity index (χ1n) is 6.21. The largest absolute Gasteiger partial charge is 0.350 e. The minimum atomic E-state index is -0.657. The van der Waals surface area contributed by atoms with Gasteiger partial charge >= 0.3 is 6.03 Å². The van der Waals surface area contributed by atoms with E-state index in [1.54, 1.807) is 6.21 Å². The van der Waals surface area contributed by atoms with Crippen LogP contribution in [0, 0.1) is 0 Å². The number of nitrogens with one attached hydrogen (secondary N) is 1. The van der Waals surface area contributed by atoms with Gasteiger partial charge in [0.2, 0.25) is 0 Å². The van der Waals surface area contributed by atoms with Crippen LogP contribution in [0.1, 0.15) is 11.1 Å². The van der Waals surface area contributed by atoms with Gasteiger partial charge in [-0.1, -0.05) is 24.3 Å². The second-order valence-corrected chi connectivity index (χ2v) is 5.59. The van der Waals surface area contributed by atoms with E-state index in [-0.39, 0.29) is 0 Å². The summed E-state index contributed by atoms with van der Waals surface area (Å²) >= 11 is 2.02. The van der Waals surface area contributed by atoms with Gasteiger partial charge in [-0.2, -0.15) is 16.9 Å². The maximum Gasteiger partial charge on any atom is 0.332 e. The number of urea groups is 1. The number of hydrazone groups is 1. The maximum atomic E-state index is 10.5. The molecule has 1 aromatic carbocycles. The SMILES string of the molecule is NC(=O)NN=Cc1ccc(CN2CCSCC2)cc1. The van der Waals surface area contributed by atoms with E-state index in [0.29, 0.717) is 0 Å². The average molecular weight is 278 g/mol. The molecule has 1 heterocycles. The number of hydrogen-bond donors (Lipinski definition) is 2. The highest BCUT2D eigenvalue weighted by Crippen LogP contribution is 2.13. The Morgan fingerprint density at radius 2 is 2.05 bits per heavy atom. The Hall–Kier alpha value is -1.53. The van der Waals surface area contributed by atoms with Gasteiger partial charge in [0.15, 0.2) is 0 Å². The summed E-state index contributed by atoms with van der Waals surface area (Å²) in [6.45, 7) is 3.32. The molecule has 0 saturated carbocycles. The number of carbonyl (C=O) groups excluding carboxylic acids is 1. The molecule has 2 rings (SSSR count). The van der Waals surface area contributed by atoms with Crippen molar-refractivity contribution in [3.8, 4) is 0 Å². The Labute approximate surface area is 117 Å². The highest BCUT2D eigenvalue weighted by atomic mass is 32.2. The van der Waals surface area contributed by atoms with E-state index in [1.807, 2.05) is 23.9 Å². The number of thioether (sulfide) groups is 1. The second-order valence-electron chi connectivity index (χ2n) is 4.36. The van der Waals surface area contributed by atoms with Crippen LogP contribution in [0.3, 0.4) is 0 Å². The van der Waals surface area contributed by atoms with Crippen LogP contribution in [-0.2, 0) is 6.54 Å². The van der Waals surface area contributed by atoms with Crippen LogP contribution in [0.4, 0.5) is 4.79 Å². The zero-order chi connectivity index (χ0) is 13.5. The lowest BCUT2D eigenvalue weighted by Crippen LogP contribution is -2.31. The number of benzene rings is 1. The van der Waals surface area contributed by atoms with Crippen molar-refractivity contribution >= 4 is 24.0 Å². The Bertz CT molecular complexity index is 440. The first-order valence-corrected chi connectivity index (χ1v) is 7.37. The highest BCUT2D eigenvalue weighted by Gasteiger charge is 2.10. The van der Waals surface area contributed by atoms with Crippen molar-refractivity contribution in [3.05, 3.63) is 35.4 Å². The van der Waals surface area contributed by atoms with Crippen LogP contribution in [0.25, 0.3) is 0 Å². The molecule has 102 valence electrons. The van der Waals surface area contributed by atoms with Gasteiger partial charge in [0, 0.05) is 31.1 Å². The van der Waals surface area contributed by atoms with Crippen LogP contribution in [0.15, 0.2) is 29.4 Å². The summed E-state index contributed by atoms with van der Waals surface area (Å²) in [6.07, 6.45) is 1.58. The van der Waals surface area contributed by atoms with E-state index in [2.05, 4.69) is 27.6 Å². The molecule has 0 spiro atoms. The zero-order valence-corrected chi connectivity index (χ0v) is 11.5. The van der Waals surface area contributed by atoms with Gasteiger partial charge in [0.05, 0.1) is 6.21 Å². The molecular weight excluding hydrogens is 260 g/mol. The third kappa shape index (κ3) is 4.92. The molecule has 0 aliphatic carbocycles. The minimum Gasteiger partial charge on any atom is -0.350 e. The number of carbonyl (C=O) groups is 1. The lowest BCUT2D eigenvalue weighted by molar-refractivity contribution is 0.249. The molecular formula is C13H18N4OS. The van der Waals surface area contributed by atoms with Gasteiger partial charge in [-0.25, -0.2) is 10.2 Å². The number of nitrogens with zero attached hydrogens (tertiary/aromatic N) is 2. The summed E-state index contributed by atoms with van der Waals surface area (Å²) < 4.78 is 0. The molecule has 2 amide bonds. The van der Waals surface area contributed by atoms with Gasteiger partial charge in [-0.15, -0.1) is 0 Å². The summed E-state index contributed by atoms with van der Waals surface area (Å²) in [4.78, 5) is 12.9. The average Bonchev–Trinajstić information content (AvgIpc) is 2.42. The molecule has 1 saturated heterocycles. The van der Waals surface area contributed by atoms with Crippen molar-refractivity contribution in [2.45, 2.75) is 6.54 Å². The van der Waals surface area contributed by atoms with Crippen molar-refractivity contribution in [2.24, 2.45) is 10.8 Å². The standard InChI is InChI=1S/C13H18N4OS/c14-13(18)16-15-9-11-1-3-12(4-2-11)10-17-5-7-19-8-6-17/h1-4,9H,5-8,10H2,(H3,14,16,18). The normalized spacial score (nSPS) is 16.6. The topological polar surface area (TPSA) is 70.7 Å². The van der Waals surface area contributed by atoms with E-state index >= 15 is 0 Å². The summed E-state index contributed by atoms with van der Waals surface area (Å²) in [6, 6.07) is 7.50. The molecule has 5 nitrogen and oxygen atoms in total. The van der Waals surface area contributed by atoms with E-state index in [9.17, 15) is 4.79 Å². The Balaban J connectivity index is 1.86. The Kier molecular flexibility index (Phi) is 5.23. The molecule has 0 aromatic heterocycles. The van der Waals surface area contributed by atoms with Crippen LogP contribution >= 0.6 is 11.8 Å². The zero-order valence-electron chi connectivity index (χ0n) is 10.7. The Morgan fingerprint density at radius 3 is 2.68 bits per heavy atom. The fraction of sp³-hybridized carbons (Fsp3) is 0.385. The predicted octanol–water partition coefficient (Wildman–Crippen LogP) is 1.24. The highest BCUT2D eigenvalue weighted by molar-refractivity contribution is 7.99. The molecule has 0 atom stereocenters. The summed E-state index contributed by atoms with van der Waals surface area (Å²) in [5.74, 6) is 2.45. The van der Waals surface area contributed by atoms with Crippen molar-refractivity contribution in [2.75, 3.05) is 24.6 Å². The molecule has 6 heteroatoms. The quantitative estimate of drug-likeness (QED) is 0.643. The fourth-order valence-corrected chi connectivity index (χ4v) is 2.88. The van der Waals surface area contributed by atoms with Crippen LogP contribution in [0.5, 0.6) is 0 Å². The van der Waals surface area contributed by atoms with E-state index in [4.69, 9.17) is 5.73 Å². The predicted molar refractivity (Wildman–Crippen MR) is 79.4 cm³/mol. The lowest BCUT2D eigenvalue weighted by atomic mass is 10.1. The van der Waals surface area contributed by atoms with E-state index < -0.39 is 6.03 Å². The second kappa shape index (κ2) is 7.16. The molecule has 0 bridgehead atoms. The third-order valence-corrected chi connectivity index (χ3v) is 3.82. The van der Waals surface area contributed by atoms with Gasteiger partial charge < -0.3 is 5.73 Å². The summed E-state index contributed by atoms with van der Waals surface area (Å²) in [5, 5.41) is 3.72. The molecule has 0 unspecified atom stereocenters. The molecule has 1 aromatic rings. The number of rotatable bonds is 4. The molecule has 1 fully saturated rings. The van der Waals surface area contributed by atoms with Crippen molar-refractivity contribution < 1.29 is 4.79 Å². The smallest absolute Gasteiger partial charge is 0.332 e. The van der Waals surface area contributed by atoms with Crippen molar-refractivity contribution in [1.29, 1.82) is 0 Å². The number of amides is 2. The number of hydrogen-bond acceptors (Lipinski definition) is 4. The minimum absolute atomic E-state index is 0.657. The summed E-state index contributed by atoms with van der Waals surface area (Å²) in [5.41, 5.74) is 9.32. The lowest BCUT2D eigenvalue weighted by Gasteiger charge is -2.26. The molecule has 1 aliphatic rings.